The van der Waals surface area contributed by atoms with Crippen molar-refractivity contribution in [1.29, 1.82) is 5.26 Å². The Kier molecular flexibility index (Phi) is 3.97. The van der Waals surface area contributed by atoms with Gasteiger partial charge in [-0.25, -0.2) is 0 Å². The predicted octanol–water partition coefficient (Wildman–Crippen LogP) is 5.73. The highest BCUT2D eigenvalue weighted by Crippen LogP contribution is 2.37. The Morgan fingerprint density at radius 3 is 1.82 bits per heavy atom. The molecule has 0 aliphatic carbocycles. The summed E-state index contributed by atoms with van der Waals surface area (Å²) in [6.45, 7) is 0.0553. The van der Waals surface area contributed by atoms with E-state index in [1.54, 1.807) is 0 Å². The van der Waals surface area contributed by atoms with Gasteiger partial charge < -0.3 is 5.11 Å². The molecule has 5 aromatic rings. The van der Waals surface area contributed by atoms with Crippen LogP contribution in [0.25, 0.3) is 32.3 Å². The highest BCUT2D eigenvalue weighted by Gasteiger charge is 2.12. The summed E-state index contributed by atoms with van der Waals surface area (Å²) >= 11 is 0. The minimum atomic E-state index is 0.0553. The van der Waals surface area contributed by atoms with E-state index in [0.29, 0.717) is 5.56 Å². The average Bonchev–Trinajstić information content (AvgIpc) is 2.76. The SMILES string of the molecule is N#Cc1ccc(CCc2ccc3ccc4ccc(CO)c5ccc2c3c45)cc1. The Hall–Kier alpha value is -3.41. The first-order valence-corrected chi connectivity index (χ1v) is 9.56. The summed E-state index contributed by atoms with van der Waals surface area (Å²) < 4.78 is 0. The van der Waals surface area contributed by atoms with Gasteiger partial charge in [0.25, 0.3) is 0 Å². The molecule has 0 atom stereocenters. The minimum Gasteiger partial charge on any atom is -0.392 e. The molecule has 0 radical (unpaired) electrons. The first kappa shape index (κ1) is 16.7. The molecule has 0 bridgehead atoms. The van der Waals surface area contributed by atoms with E-state index in [-0.39, 0.29) is 6.61 Å². The number of benzene rings is 5. The molecule has 0 unspecified atom stereocenters. The van der Waals surface area contributed by atoms with Gasteiger partial charge in [0.15, 0.2) is 0 Å². The van der Waals surface area contributed by atoms with Gasteiger partial charge in [0.05, 0.1) is 18.2 Å². The normalized spacial score (nSPS) is 11.4. The highest BCUT2D eigenvalue weighted by molar-refractivity contribution is 6.24. The number of nitrogens with zero attached hydrogens (tertiary/aromatic N) is 1. The van der Waals surface area contributed by atoms with Gasteiger partial charge >= 0.3 is 0 Å². The van der Waals surface area contributed by atoms with Gasteiger partial charge in [-0.2, -0.15) is 5.26 Å². The zero-order chi connectivity index (χ0) is 19.1. The molecule has 0 aromatic heterocycles. The van der Waals surface area contributed by atoms with Crippen molar-refractivity contribution in [2.24, 2.45) is 0 Å². The van der Waals surface area contributed by atoms with Gasteiger partial charge in [0.2, 0.25) is 0 Å². The number of aliphatic hydroxyl groups excluding tert-OH is 1. The van der Waals surface area contributed by atoms with Crippen LogP contribution in [-0.4, -0.2) is 5.11 Å². The van der Waals surface area contributed by atoms with Crippen LogP contribution in [0.4, 0.5) is 0 Å². The van der Waals surface area contributed by atoms with Gasteiger partial charge in [0.1, 0.15) is 0 Å². The van der Waals surface area contributed by atoms with Crippen LogP contribution in [-0.2, 0) is 19.4 Å². The second-order valence-corrected chi connectivity index (χ2v) is 7.34. The summed E-state index contributed by atoms with van der Waals surface area (Å²) in [5, 5.41) is 26.1. The Bertz CT molecular complexity index is 1340. The molecule has 5 rings (SSSR count). The van der Waals surface area contributed by atoms with Gasteiger partial charge in [-0.3, -0.25) is 0 Å². The monoisotopic (exact) mass is 361 g/mol. The molecular formula is C26H19NO. The van der Waals surface area contributed by atoms with Crippen molar-refractivity contribution >= 4 is 32.3 Å². The number of hydrogen-bond acceptors (Lipinski definition) is 2. The first-order valence-electron chi connectivity index (χ1n) is 9.56. The fourth-order valence-electron chi connectivity index (χ4n) is 4.30. The summed E-state index contributed by atoms with van der Waals surface area (Å²) in [4.78, 5) is 0. The van der Waals surface area contributed by atoms with E-state index in [0.717, 1.165) is 23.8 Å². The van der Waals surface area contributed by atoms with E-state index in [4.69, 9.17) is 5.26 Å². The molecule has 1 N–H and O–H groups in total. The summed E-state index contributed by atoms with van der Waals surface area (Å²) in [7, 11) is 0. The van der Waals surface area contributed by atoms with E-state index in [1.165, 1.54) is 38.1 Å². The van der Waals surface area contributed by atoms with Gasteiger partial charge in [-0.15, -0.1) is 0 Å². The van der Waals surface area contributed by atoms with E-state index < -0.39 is 0 Å². The van der Waals surface area contributed by atoms with Crippen molar-refractivity contribution in [1.82, 2.24) is 0 Å². The third kappa shape index (κ3) is 2.60. The van der Waals surface area contributed by atoms with E-state index in [9.17, 15) is 5.11 Å². The maximum absolute atomic E-state index is 9.75. The third-order valence-electron chi connectivity index (χ3n) is 5.78. The molecule has 5 aromatic carbocycles. The Balaban J connectivity index is 1.62. The first-order chi connectivity index (χ1) is 13.8. The molecule has 2 heteroatoms. The van der Waals surface area contributed by atoms with Crippen LogP contribution >= 0.6 is 0 Å². The topological polar surface area (TPSA) is 44.0 Å². The molecule has 0 spiro atoms. The molecule has 0 aliphatic rings. The quantitative estimate of drug-likeness (QED) is 0.415. The molecule has 0 saturated carbocycles. The van der Waals surface area contributed by atoms with Crippen molar-refractivity contribution in [3.05, 3.63) is 95.1 Å². The van der Waals surface area contributed by atoms with Crippen molar-refractivity contribution in [2.75, 3.05) is 0 Å². The maximum Gasteiger partial charge on any atom is 0.0991 e. The van der Waals surface area contributed by atoms with Crippen LogP contribution in [0.5, 0.6) is 0 Å². The lowest BCUT2D eigenvalue weighted by Crippen LogP contribution is -1.95. The molecule has 0 heterocycles. The average molecular weight is 361 g/mol. The molecule has 0 saturated heterocycles. The van der Waals surface area contributed by atoms with E-state index >= 15 is 0 Å². The fraction of sp³-hybridized carbons (Fsp3) is 0.115. The minimum absolute atomic E-state index is 0.0553. The van der Waals surface area contributed by atoms with Crippen LogP contribution in [0.1, 0.15) is 22.3 Å². The van der Waals surface area contributed by atoms with Crippen LogP contribution in [0, 0.1) is 11.3 Å². The van der Waals surface area contributed by atoms with Crippen molar-refractivity contribution in [3.8, 4) is 6.07 Å². The summed E-state index contributed by atoms with van der Waals surface area (Å²) in [6.07, 6.45) is 1.89. The maximum atomic E-state index is 9.75. The summed E-state index contributed by atoms with van der Waals surface area (Å²) in [6, 6.07) is 27.3. The predicted molar refractivity (Wildman–Crippen MR) is 115 cm³/mol. The largest absolute Gasteiger partial charge is 0.392 e. The van der Waals surface area contributed by atoms with Crippen LogP contribution < -0.4 is 0 Å². The van der Waals surface area contributed by atoms with Gasteiger partial charge in [0, 0.05) is 0 Å². The third-order valence-corrected chi connectivity index (χ3v) is 5.78. The standard InChI is InChI=1S/C26H19NO/c27-15-18-3-1-17(2-4-18)5-6-19-7-8-20-9-10-21-11-12-22(16-28)24-14-13-23(19)25(20)26(21)24/h1-4,7-14,28H,5-6,16H2. The van der Waals surface area contributed by atoms with Crippen LogP contribution in [0.2, 0.25) is 0 Å². The number of hydrogen-bond donors (Lipinski definition) is 1. The van der Waals surface area contributed by atoms with E-state index in [1.807, 2.05) is 30.3 Å². The molecule has 0 amide bonds. The fourth-order valence-corrected chi connectivity index (χ4v) is 4.30. The second kappa shape index (κ2) is 6.64. The Morgan fingerprint density at radius 2 is 1.21 bits per heavy atom. The summed E-state index contributed by atoms with van der Waals surface area (Å²) in [5.74, 6) is 0. The van der Waals surface area contributed by atoms with Gasteiger partial charge in [-0.05, 0) is 74.0 Å². The number of rotatable bonds is 4. The molecule has 28 heavy (non-hydrogen) atoms. The molecule has 2 nitrogen and oxygen atoms in total. The van der Waals surface area contributed by atoms with Crippen molar-refractivity contribution in [2.45, 2.75) is 19.4 Å². The lowest BCUT2D eigenvalue weighted by Gasteiger charge is -2.15. The summed E-state index contributed by atoms with van der Waals surface area (Å²) in [5.41, 5.74) is 4.25. The lowest BCUT2D eigenvalue weighted by molar-refractivity contribution is 0.283. The Labute approximate surface area is 163 Å². The molecular weight excluding hydrogens is 342 g/mol. The van der Waals surface area contributed by atoms with Crippen LogP contribution in [0.3, 0.4) is 0 Å². The highest BCUT2D eigenvalue weighted by atomic mass is 16.3. The molecule has 0 fully saturated rings. The molecule has 134 valence electrons. The number of aryl methyl sites for hydroxylation is 2. The smallest absolute Gasteiger partial charge is 0.0991 e. The number of nitriles is 1. The molecule has 0 aliphatic heterocycles. The van der Waals surface area contributed by atoms with Crippen molar-refractivity contribution < 1.29 is 5.11 Å². The zero-order valence-electron chi connectivity index (χ0n) is 15.4. The van der Waals surface area contributed by atoms with E-state index in [2.05, 4.69) is 48.5 Å². The van der Waals surface area contributed by atoms with Crippen molar-refractivity contribution in [3.63, 3.8) is 0 Å². The lowest BCUT2D eigenvalue weighted by atomic mass is 9.89. The number of aliphatic hydroxyl groups is 1. The van der Waals surface area contributed by atoms with Crippen LogP contribution in [0.15, 0.2) is 72.8 Å². The second-order valence-electron chi connectivity index (χ2n) is 7.34. The zero-order valence-corrected chi connectivity index (χ0v) is 15.4. The van der Waals surface area contributed by atoms with Gasteiger partial charge in [-0.1, -0.05) is 60.7 Å². The Morgan fingerprint density at radius 1 is 0.643 bits per heavy atom.